The lowest BCUT2D eigenvalue weighted by Gasteiger charge is -2.27. The van der Waals surface area contributed by atoms with Gasteiger partial charge in [0.1, 0.15) is 0 Å². The van der Waals surface area contributed by atoms with E-state index in [1.165, 1.54) is 10.5 Å². The Morgan fingerprint density at radius 3 is 1.84 bits per heavy atom. The Kier molecular flexibility index (Phi) is 4.79. The Morgan fingerprint density at radius 1 is 0.688 bits per heavy atom. The number of hydrogen-bond donors (Lipinski definition) is 0. The van der Waals surface area contributed by atoms with Gasteiger partial charge in [0.05, 0.1) is 5.69 Å². The number of nitrogens with zero attached hydrogens (tertiary/aromatic N) is 1. The quantitative estimate of drug-likeness (QED) is 0.279. The van der Waals surface area contributed by atoms with Crippen molar-refractivity contribution < 1.29 is 9.59 Å². The molecule has 0 spiro atoms. The Balaban J connectivity index is 1.51. The minimum atomic E-state index is -0.298. The van der Waals surface area contributed by atoms with Crippen LogP contribution in [-0.2, 0) is 5.41 Å². The lowest BCUT2D eigenvalue weighted by Crippen LogP contribution is -2.40. The third-order valence-electron chi connectivity index (χ3n) is 6.06. The summed E-state index contributed by atoms with van der Waals surface area (Å²) in [5.41, 5.74) is 5.17. The Labute approximate surface area is 195 Å². The molecular weight excluding hydrogens is 462 g/mol. The second kappa shape index (κ2) is 7.42. The summed E-state index contributed by atoms with van der Waals surface area (Å²) in [6.07, 6.45) is 0. The molecular formula is C28H22BrNO2. The molecule has 0 aliphatic carbocycles. The fourth-order valence-electron chi connectivity index (χ4n) is 4.26. The fraction of sp³-hybridized carbons (Fsp3) is 0.143. The molecule has 158 valence electrons. The maximum atomic E-state index is 13.3. The number of imide groups is 1. The molecule has 1 aliphatic heterocycles. The van der Waals surface area contributed by atoms with Crippen LogP contribution in [-0.4, -0.2) is 11.8 Å². The number of amides is 2. The lowest BCUT2D eigenvalue weighted by atomic mass is 9.86. The van der Waals surface area contributed by atoms with Crippen LogP contribution >= 0.6 is 15.9 Å². The third-order valence-corrected chi connectivity index (χ3v) is 6.76. The molecule has 4 heteroatoms. The van der Waals surface area contributed by atoms with Crippen LogP contribution < -0.4 is 4.90 Å². The van der Waals surface area contributed by atoms with E-state index in [-0.39, 0.29) is 17.2 Å². The van der Waals surface area contributed by atoms with Crippen molar-refractivity contribution in [3.05, 3.63) is 100 Å². The highest BCUT2D eigenvalue weighted by molar-refractivity contribution is 9.10. The molecule has 0 aromatic heterocycles. The molecule has 32 heavy (non-hydrogen) atoms. The predicted octanol–water partition coefficient (Wildman–Crippen LogP) is 7.37. The monoisotopic (exact) mass is 483 g/mol. The van der Waals surface area contributed by atoms with Crippen molar-refractivity contribution >= 4 is 44.2 Å². The van der Waals surface area contributed by atoms with E-state index in [2.05, 4.69) is 61.0 Å². The van der Waals surface area contributed by atoms with Crippen molar-refractivity contribution in [3.8, 4) is 11.1 Å². The van der Waals surface area contributed by atoms with E-state index in [1.54, 1.807) is 12.1 Å². The van der Waals surface area contributed by atoms with Crippen molar-refractivity contribution in [2.75, 3.05) is 4.90 Å². The number of rotatable bonds is 2. The van der Waals surface area contributed by atoms with Gasteiger partial charge < -0.3 is 0 Å². The van der Waals surface area contributed by atoms with E-state index in [9.17, 15) is 9.59 Å². The Hall–Kier alpha value is -3.24. The molecule has 0 radical (unpaired) electrons. The van der Waals surface area contributed by atoms with Gasteiger partial charge in [-0.25, -0.2) is 4.90 Å². The van der Waals surface area contributed by atoms with Gasteiger partial charge in [0.25, 0.3) is 11.8 Å². The summed E-state index contributed by atoms with van der Waals surface area (Å²) in [6, 6.07) is 25.3. The average molecular weight is 484 g/mol. The van der Waals surface area contributed by atoms with Gasteiger partial charge in [-0.05, 0) is 57.8 Å². The van der Waals surface area contributed by atoms with E-state index in [0.717, 1.165) is 21.0 Å². The second-order valence-corrected chi connectivity index (χ2v) is 10.00. The van der Waals surface area contributed by atoms with E-state index < -0.39 is 0 Å². The molecule has 0 fully saturated rings. The number of carbonyl (C=O) groups is 2. The SMILES string of the molecule is CC(C)(C)c1ccc(-c2ccc(N3C(=O)c4cccc5c(Br)ccc(c45)C3=O)cc2)cc1. The smallest absolute Gasteiger partial charge is 0.265 e. The predicted molar refractivity (Wildman–Crippen MR) is 133 cm³/mol. The van der Waals surface area contributed by atoms with Crippen LogP contribution in [0.2, 0.25) is 0 Å². The van der Waals surface area contributed by atoms with Crippen LogP contribution in [0.1, 0.15) is 47.1 Å². The molecule has 0 saturated heterocycles. The van der Waals surface area contributed by atoms with E-state index in [4.69, 9.17) is 0 Å². The van der Waals surface area contributed by atoms with Gasteiger partial charge in [-0.2, -0.15) is 0 Å². The number of halogens is 1. The zero-order chi connectivity index (χ0) is 22.6. The van der Waals surface area contributed by atoms with Gasteiger partial charge in [0, 0.05) is 21.0 Å². The van der Waals surface area contributed by atoms with E-state index >= 15 is 0 Å². The Bertz CT molecular complexity index is 1360. The van der Waals surface area contributed by atoms with Crippen LogP contribution in [0.4, 0.5) is 5.69 Å². The molecule has 0 N–H and O–H groups in total. The maximum absolute atomic E-state index is 13.3. The van der Waals surface area contributed by atoms with Gasteiger partial charge in [0.15, 0.2) is 0 Å². The molecule has 1 aliphatic rings. The largest absolute Gasteiger partial charge is 0.268 e. The average Bonchev–Trinajstić information content (AvgIpc) is 2.78. The minimum Gasteiger partial charge on any atom is -0.268 e. The standard InChI is InChI=1S/C28H22BrNO2/c1-28(2,3)19-11-7-17(8-12-19)18-9-13-20(14-10-18)30-26(31)22-6-4-5-21-24(29)16-15-23(25(21)22)27(30)32/h4-16H,1-3H3. The van der Waals surface area contributed by atoms with Crippen LogP contribution in [0.3, 0.4) is 0 Å². The zero-order valence-corrected chi connectivity index (χ0v) is 19.7. The van der Waals surface area contributed by atoms with Crippen molar-refractivity contribution in [2.24, 2.45) is 0 Å². The molecule has 0 bridgehead atoms. The summed E-state index contributed by atoms with van der Waals surface area (Å²) < 4.78 is 0.869. The normalized spacial score (nSPS) is 13.7. The van der Waals surface area contributed by atoms with Gasteiger partial charge in [0.2, 0.25) is 0 Å². The molecule has 0 saturated carbocycles. The molecule has 1 heterocycles. The highest BCUT2D eigenvalue weighted by atomic mass is 79.9. The van der Waals surface area contributed by atoms with Gasteiger partial charge >= 0.3 is 0 Å². The summed E-state index contributed by atoms with van der Waals surface area (Å²) in [5, 5.41) is 1.58. The molecule has 0 unspecified atom stereocenters. The Morgan fingerprint density at radius 2 is 1.25 bits per heavy atom. The summed E-state index contributed by atoms with van der Waals surface area (Å²) in [5.74, 6) is -0.595. The highest BCUT2D eigenvalue weighted by Gasteiger charge is 2.34. The summed E-state index contributed by atoms with van der Waals surface area (Å²) in [4.78, 5) is 27.9. The third kappa shape index (κ3) is 3.26. The first kappa shape index (κ1) is 20.7. The van der Waals surface area contributed by atoms with Crippen LogP contribution in [0, 0.1) is 0 Å². The molecule has 2 amide bonds. The molecule has 5 rings (SSSR count). The van der Waals surface area contributed by atoms with Crippen LogP contribution in [0.5, 0.6) is 0 Å². The molecule has 3 nitrogen and oxygen atoms in total. The van der Waals surface area contributed by atoms with Crippen molar-refractivity contribution in [1.82, 2.24) is 0 Å². The molecule has 4 aromatic carbocycles. The number of benzene rings is 4. The molecule has 0 atom stereocenters. The van der Waals surface area contributed by atoms with Gasteiger partial charge in [-0.1, -0.05) is 85.2 Å². The molecule has 4 aromatic rings. The van der Waals surface area contributed by atoms with Crippen LogP contribution in [0.25, 0.3) is 21.9 Å². The van der Waals surface area contributed by atoms with Gasteiger partial charge in [-0.3, -0.25) is 9.59 Å². The summed E-state index contributed by atoms with van der Waals surface area (Å²) in [6.45, 7) is 6.59. The highest BCUT2D eigenvalue weighted by Crippen LogP contribution is 2.36. The summed E-state index contributed by atoms with van der Waals surface area (Å²) >= 11 is 3.53. The number of hydrogen-bond acceptors (Lipinski definition) is 2. The minimum absolute atomic E-state index is 0.103. The first-order valence-electron chi connectivity index (χ1n) is 10.6. The van der Waals surface area contributed by atoms with E-state index in [1.807, 2.05) is 42.5 Å². The number of anilines is 1. The summed E-state index contributed by atoms with van der Waals surface area (Å²) in [7, 11) is 0. The second-order valence-electron chi connectivity index (χ2n) is 9.14. The lowest BCUT2D eigenvalue weighted by molar-refractivity contribution is 0.0893. The van der Waals surface area contributed by atoms with Crippen molar-refractivity contribution in [3.63, 3.8) is 0 Å². The first-order valence-corrected chi connectivity index (χ1v) is 11.4. The first-order chi connectivity index (χ1) is 15.3. The zero-order valence-electron chi connectivity index (χ0n) is 18.1. The van der Waals surface area contributed by atoms with Gasteiger partial charge in [-0.15, -0.1) is 0 Å². The number of carbonyl (C=O) groups excluding carboxylic acids is 2. The van der Waals surface area contributed by atoms with E-state index in [0.29, 0.717) is 22.2 Å². The topological polar surface area (TPSA) is 37.4 Å². The fourth-order valence-corrected chi connectivity index (χ4v) is 4.72. The van der Waals surface area contributed by atoms with Crippen molar-refractivity contribution in [2.45, 2.75) is 26.2 Å². The maximum Gasteiger partial charge on any atom is 0.265 e. The van der Waals surface area contributed by atoms with Crippen LogP contribution in [0.15, 0.2) is 83.3 Å². The van der Waals surface area contributed by atoms with Crippen molar-refractivity contribution in [1.29, 1.82) is 0 Å².